The lowest BCUT2D eigenvalue weighted by molar-refractivity contribution is 0.172. The van der Waals surface area contributed by atoms with Gasteiger partial charge in [-0.15, -0.1) is 0 Å². The molecule has 0 saturated carbocycles. The highest BCUT2D eigenvalue weighted by atomic mass is 16.3. The molecule has 3 rings (SSSR count). The number of aliphatic hydroxyl groups is 1. The quantitative estimate of drug-likeness (QED) is 0.777. The van der Waals surface area contributed by atoms with Gasteiger partial charge in [0.25, 0.3) is 0 Å². The number of hydrogen-bond donors (Lipinski definition) is 1. The van der Waals surface area contributed by atoms with Crippen molar-refractivity contribution in [2.75, 3.05) is 0 Å². The summed E-state index contributed by atoms with van der Waals surface area (Å²) in [5.41, 5.74) is 2.50. The largest absolute Gasteiger partial charge is 0.386 e. The van der Waals surface area contributed by atoms with Crippen molar-refractivity contribution < 1.29 is 5.11 Å². The number of aliphatic hydroxyl groups excluding tert-OH is 1. The van der Waals surface area contributed by atoms with Crippen LogP contribution in [0, 0.1) is 0 Å². The van der Waals surface area contributed by atoms with Crippen molar-refractivity contribution in [1.29, 1.82) is 0 Å². The number of nitrogens with zero attached hydrogens (tertiary/aromatic N) is 2. The van der Waals surface area contributed by atoms with E-state index in [-0.39, 0.29) is 0 Å². The molecule has 0 fully saturated rings. The molecule has 3 heteroatoms. The van der Waals surface area contributed by atoms with Gasteiger partial charge in [0.05, 0.1) is 11.2 Å². The van der Waals surface area contributed by atoms with Crippen molar-refractivity contribution >= 4 is 10.9 Å². The first-order valence-electron chi connectivity index (χ1n) is 6.26. The smallest absolute Gasteiger partial charge is 0.101 e. The minimum atomic E-state index is -0.616. The predicted molar refractivity (Wildman–Crippen MR) is 74.6 cm³/mol. The van der Waals surface area contributed by atoms with Crippen LogP contribution in [0.4, 0.5) is 0 Å². The van der Waals surface area contributed by atoms with Crippen LogP contribution in [0.25, 0.3) is 10.9 Å². The SMILES string of the molecule is OC(Cc1ccc2ccccc2n1)c1ccccn1. The van der Waals surface area contributed by atoms with Gasteiger partial charge >= 0.3 is 0 Å². The molecule has 0 amide bonds. The highest BCUT2D eigenvalue weighted by molar-refractivity contribution is 5.78. The van der Waals surface area contributed by atoms with Crippen LogP contribution in [-0.2, 0) is 6.42 Å². The first kappa shape index (κ1) is 11.8. The number of pyridine rings is 2. The van der Waals surface area contributed by atoms with Crippen molar-refractivity contribution in [2.24, 2.45) is 0 Å². The van der Waals surface area contributed by atoms with Crippen molar-refractivity contribution in [1.82, 2.24) is 9.97 Å². The van der Waals surface area contributed by atoms with E-state index in [9.17, 15) is 5.11 Å². The van der Waals surface area contributed by atoms with Crippen LogP contribution in [0.1, 0.15) is 17.5 Å². The van der Waals surface area contributed by atoms with E-state index in [4.69, 9.17) is 0 Å². The Kier molecular flexibility index (Phi) is 3.21. The molecule has 0 radical (unpaired) electrons. The maximum Gasteiger partial charge on any atom is 0.101 e. The average molecular weight is 250 g/mol. The molecule has 1 atom stereocenters. The third-order valence-corrected chi connectivity index (χ3v) is 3.09. The van der Waals surface area contributed by atoms with Crippen LogP contribution < -0.4 is 0 Å². The molecule has 0 spiro atoms. The summed E-state index contributed by atoms with van der Waals surface area (Å²) >= 11 is 0. The summed E-state index contributed by atoms with van der Waals surface area (Å²) in [6.07, 6.45) is 1.55. The normalized spacial score (nSPS) is 12.5. The molecular formula is C16H14N2O. The molecule has 19 heavy (non-hydrogen) atoms. The lowest BCUT2D eigenvalue weighted by atomic mass is 10.1. The van der Waals surface area contributed by atoms with E-state index >= 15 is 0 Å². The zero-order chi connectivity index (χ0) is 13.1. The van der Waals surface area contributed by atoms with Gasteiger partial charge in [-0.1, -0.05) is 30.3 Å². The van der Waals surface area contributed by atoms with Gasteiger partial charge in [0.2, 0.25) is 0 Å². The zero-order valence-corrected chi connectivity index (χ0v) is 10.4. The Hall–Kier alpha value is -2.26. The van der Waals surface area contributed by atoms with Gasteiger partial charge < -0.3 is 5.11 Å². The summed E-state index contributed by atoms with van der Waals surface area (Å²) in [4.78, 5) is 8.71. The maximum atomic E-state index is 10.1. The van der Waals surface area contributed by atoms with Crippen LogP contribution in [0.15, 0.2) is 60.8 Å². The minimum absolute atomic E-state index is 0.474. The fourth-order valence-corrected chi connectivity index (χ4v) is 2.10. The molecule has 0 aliphatic carbocycles. The van der Waals surface area contributed by atoms with Gasteiger partial charge in [-0.3, -0.25) is 9.97 Å². The third-order valence-electron chi connectivity index (χ3n) is 3.09. The predicted octanol–water partition coefficient (Wildman–Crippen LogP) is 2.91. The minimum Gasteiger partial charge on any atom is -0.386 e. The molecule has 0 bridgehead atoms. The monoisotopic (exact) mass is 250 g/mol. The van der Waals surface area contributed by atoms with Crippen molar-refractivity contribution in [3.8, 4) is 0 Å². The first-order valence-corrected chi connectivity index (χ1v) is 6.26. The molecule has 2 aromatic heterocycles. The van der Waals surface area contributed by atoms with Crippen molar-refractivity contribution in [2.45, 2.75) is 12.5 Å². The van der Waals surface area contributed by atoms with E-state index in [0.29, 0.717) is 12.1 Å². The van der Waals surface area contributed by atoms with Gasteiger partial charge in [-0.25, -0.2) is 0 Å². The second-order valence-corrected chi connectivity index (χ2v) is 4.47. The van der Waals surface area contributed by atoms with Gasteiger partial charge in [0.15, 0.2) is 0 Å². The Balaban J connectivity index is 1.85. The molecule has 94 valence electrons. The number of rotatable bonds is 3. The molecule has 0 aliphatic heterocycles. The van der Waals surface area contributed by atoms with Crippen LogP contribution in [0.2, 0.25) is 0 Å². The molecular weight excluding hydrogens is 236 g/mol. The molecule has 3 aromatic rings. The number of hydrogen-bond acceptors (Lipinski definition) is 3. The molecule has 3 nitrogen and oxygen atoms in total. The summed E-state index contributed by atoms with van der Waals surface area (Å²) < 4.78 is 0. The summed E-state index contributed by atoms with van der Waals surface area (Å²) in [6, 6.07) is 17.5. The molecule has 0 saturated heterocycles. The Bertz CT molecular complexity index is 682. The number of benzene rings is 1. The van der Waals surface area contributed by atoms with Crippen LogP contribution >= 0.6 is 0 Å². The van der Waals surface area contributed by atoms with E-state index in [0.717, 1.165) is 16.6 Å². The number of para-hydroxylation sites is 1. The molecule has 1 unspecified atom stereocenters. The Morgan fingerprint density at radius 1 is 0.947 bits per heavy atom. The van der Waals surface area contributed by atoms with Crippen molar-refractivity contribution in [3.63, 3.8) is 0 Å². The van der Waals surface area contributed by atoms with E-state index < -0.39 is 6.10 Å². The fourth-order valence-electron chi connectivity index (χ4n) is 2.10. The van der Waals surface area contributed by atoms with Gasteiger partial charge in [0.1, 0.15) is 6.10 Å². The van der Waals surface area contributed by atoms with E-state index in [1.807, 2.05) is 54.6 Å². The number of aromatic nitrogens is 2. The topological polar surface area (TPSA) is 46.0 Å². The van der Waals surface area contributed by atoms with E-state index in [1.165, 1.54) is 0 Å². The summed E-state index contributed by atoms with van der Waals surface area (Å²) in [7, 11) is 0. The molecule has 2 heterocycles. The number of fused-ring (bicyclic) bond motifs is 1. The average Bonchev–Trinajstić information content (AvgIpc) is 2.48. The maximum absolute atomic E-state index is 10.1. The highest BCUT2D eigenvalue weighted by Crippen LogP contribution is 2.17. The fraction of sp³-hybridized carbons (Fsp3) is 0.125. The molecule has 1 aromatic carbocycles. The van der Waals surface area contributed by atoms with Crippen LogP contribution in [-0.4, -0.2) is 15.1 Å². The Morgan fingerprint density at radius 3 is 2.63 bits per heavy atom. The summed E-state index contributed by atoms with van der Waals surface area (Å²) in [6.45, 7) is 0. The first-order chi connectivity index (χ1) is 9.33. The van der Waals surface area contributed by atoms with E-state index in [1.54, 1.807) is 6.20 Å². The molecule has 0 aliphatic rings. The molecule has 1 N–H and O–H groups in total. The van der Waals surface area contributed by atoms with Crippen LogP contribution in [0.3, 0.4) is 0 Å². The lowest BCUT2D eigenvalue weighted by Gasteiger charge is -2.09. The van der Waals surface area contributed by atoms with E-state index in [2.05, 4.69) is 9.97 Å². The zero-order valence-electron chi connectivity index (χ0n) is 10.4. The standard InChI is InChI=1S/C16H14N2O/c19-16(15-7-3-4-10-17-15)11-13-9-8-12-5-1-2-6-14(12)18-13/h1-10,16,19H,11H2. The van der Waals surface area contributed by atoms with Gasteiger partial charge in [0, 0.05) is 23.7 Å². The second kappa shape index (κ2) is 5.16. The highest BCUT2D eigenvalue weighted by Gasteiger charge is 2.10. The lowest BCUT2D eigenvalue weighted by Crippen LogP contribution is -2.05. The van der Waals surface area contributed by atoms with Gasteiger partial charge in [-0.05, 0) is 24.3 Å². The Labute approximate surface area is 111 Å². The van der Waals surface area contributed by atoms with Gasteiger partial charge in [-0.2, -0.15) is 0 Å². The second-order valence-electron chi connectivity index (χ2n) is 4.47. The summed E-state index contributed by atoms with van der Waals surface area (Å²) in [5.74, 6) is 0. The van der Waals surface area contributed by atoms with Crippen molar-refractivity contribution in [3.05, 3.63) is 72.2 Å². The third kappa shape index (κ3) is 2.61. The Morgan fingerprint density at radius 2 is 1.79 bits per heavy atom. The summed E-state index contributed by atoms with van der Waals surface area (Å²) in [5, 5.41) is 11.3. The van der Waals surface area contributed by atoms with Crippen LogP contribution in [0.5, 0.6) is 0 Å².